The summed E-state index contributed by atoms with van der Waals surface area (Å²) in [4.78, 5) is 11.8. The lowest BCUT2D eigenvalue weighted by Crippen LogP contribution is -2.15. The van der Waals surface area contributed by atoms with E-state index in [0.29, 0.717) is 19.6 Å². The molecule has 4 heteroatoms. The van der Waals surface area contributed by atoms with Gasteiger partial charge in [0, 0.05) is 12.0 Å². The molecule has 0 spiro atoms. The minimum absolute atomic E-state index is 0.00445. The Morgan fingerprint density at radius 1 is 1.41 bits per heavy atom. The van der Waals surface area contributed by atoms with Crippen LogP contribution in [0.15, 0.2) is 29.1 Å². The van der Waals surface area contributed by atoms with E-state index in [-0.39, 0.29) is 5.56 Å². The first-order valence-corrected chi connectivity index (χ1v) is 5.73. The highest BCUT2D eigenvalue weighted by Crippen LogP contribution is 2.17. The molecule has 1 aromatic heterocycles. The van der Waals surface area contributed by atoms with E-state index in [9.17, 15) is 4.79 Å². The van der Waals surface area contributed by atoms with Crippen LogP contribution in [0, 0.1) is 6.92 Å². The first-order chi connectivity index (χ1) is 8.25. The molecule has 0 fully saturated rings. The van der Waals surface area contributed by atoms with Gasteiger partial charge in [-0.15, -0.1) is 0 Å². The number of ether oxygens (including phenoxy) is 1. The van der Waals surface area contributed by atoms with Gasteiger partial charge in [-0.05, 0) is 24.6 Å². The van der Waals surface area contributed by atoms with Crippen LogP contribution >= 0.6 is 0 Å². The average Bonchev–Trinajstić information content (AvgIpc) is 2.68. The van der Waals surface area contributed by atoms with Gasteiger partial charge in [-0.1, -0.05) is 12.1 Å². The molecule has 0 unspecified atom stereocenters. The fourth-order valence-electron chi connectivity index (χ4n) is 2.24. The maximum atomic E-state index is 11.8. The van der Waals surface area contributed by atoms with Gasteiger partial charge in [0.05, 0.1) is 24.6 Å². The SMILES string of the molecule is Cc1cccc(-n2[nH]c(=O)c3c2COCC3)c1. The zero-order valence-corrected chi connectivity index (χ0v) is 9.69. The lowest BCUT2D eigenvalue weighted by Gasteiger charge is -2.14. The van der Waals surface area contributed by atoms with Crippen molar-refractivity contribution in [3.63, 3.8) is 0 Å². The van der Waals surface area contributed by atoms with Crippen molar-refractivity contribution in [1.82, 2.24) is 9.78 Å². The molecule has 1 N–H and O–H groups in total. The second kappa shape index (κ2) is 3.89. The minimum atomic E-state index is 0.00445. The number of fused-ring (bicyclic) bond motifs is 1. The average molecular weight is 230 g/mol. The van der Waals surface area contributed by atoms with E-state index in [2.05, 4.69) is 5.10 Å². The van der Waals surface area contributed by atoms with Gasteiger partial charge >= 0.3 is 0 Å². The van der Waals surface area contributed by atoms with Gasteiger partial charge in [0.25, 0.3) is 5.56 Å². The highest BCUT2D eigenvalue weighted by atomic mass is 16.5. The van der Waals surface area contributed by atoms with E-state index >= 15 is 0 Å². The van der Waals surface area contributed by atoms with Gasteiger partial charge < -0.3 is 4.74 Å². The quantitative estimate of drug-likeness (QED) is 0.808. The monoisotopic (exact) mass is 230 g/mol. The number of aryl methyl sites for hydroxylation is 1. The van der Waals surface area contributed by atoms with Crippen LogP contribution in [0.3, 0.4) is 0 Å². The van der Waals surface area contributed by atoms with Gasteiger partial charge in [-0.25, -0.2) is 0 Å². The number of rotatable bonds is 1. The molecule has 3 rings (SSSR count). The Balaban J connectivity index is 2.18. The second-order valence-electron chi connectivity index (χ2n) is 4.34. The summed E-state index contributed by atoms with van der Waals surface area (Å²) in [7, 11) is 0. The fraction of sp³-hybridized carbons (Fsp3) is 0.308. The first-order valence-electron chi connectivity index (χ1n) is 5.73. The Bertz CT molecular complexity index is 610. The molecule has 1 aliphatic rings. The third kappa shape index (κ3) is 1.70. The zero-order chi connectivity index (χ0) is 11.8. The Labute approximate surface area is 98.8 Å². The number of aromatic amines is 1. The molecule has 4 nitrogen and oxygen atoms in total. The highest BCUT2D eigenvalue weighted by Gasteiger charge is 2.19. The number of H-pyrrole nitrogens is 1. The zero-order valence-electron chi connectivity index (χ0n) is 9.69. The van der Waals surface area contributed by atoms with Crippen LogP contribution in [0.2, 0.25) is 0 Å². The van der Waals surface area contributed by atoms with Crippen molar-refractivity contribution in [2.45, 2.75) is 20.0 Å². The molecule has 2 aromatic rings. The molecule has 88 valence electrons. The topological polar surface area (TPSA) is 47.0 Å². The predicted octanol–water partition coefficient (Wildman–Crippen LogP) is 1.55. The van der Waals surface area contributed by atoms with Gasteiger partial charge in [0.1, 0.15) is 0 Å². The molecule has 0 radical (unpaired) electrons. The van der Waals surface area contributed by atoms with Crippen molar-refractivity contribution in [3.05, 3.63) is 51.4 Å². The Kier molecular flexibility index (Phi) is 2.37. The Hall–Kier alpha value is -1.81. The molecule has 0 saturated heterocycles. The van der Waals surface area contributed by atoms with Gasteiger partial charge in [-0.3, -0.25) is 14.6 Å². The second-order valence-corrected chi connectivity index (χ2v) is 4.34. The number of benzene rings is 1. The van der Waals surface area contributed by atoms with Crippen LogP contribution < -0.4 is 5.56 Å². The molecular weight excluding hydrogens is 216 g/mol. The van der Waals surface area contributed by atoms with E-state index in [1.54, 1.807) is 0 Å². The number of aromatic nitrogens is 2. The van der Waals surface area contributed by atoms with E-state index in [1.807, 2.05) is 35.9 Å². The van der Waals surface area contributed by atoms with Gasteiger partial charge in [-0.2, -0.15) is 0 Å². The Morgan fingerprint density at radius 3 is 3.12 bits per heavy atom. The van der Waals surface area contributed by atoms with Crippen molar-refractivity contribution < 1.29 is 4.74 Å². The van der Waals surface area contributed by atoms with Crippen molar-refractivity contribution in [2.24, 2.45) is 0 Å². The van der Waals surface area contributed by atoms with E-state index in [4.69, 9.17) is 4.74 Å². The normalized spacial score (nSPS) is 14.6. The summed E-state index contributed by atoms with van der Waals surface area (Å²) in [5.74, 6) is 0. The molecule has 0 amide bonds. The van der Waals surface area contributed by atoms with Crippen LogP contribution in [0.25, 0.3) is 5.69 Å². The molecular formula is C13H14N2O2. The van der Waals surface area contributed by atoms with Gasteiger partial charge in [0.15, 0.2) is 0 Å². The van der Waals surface area contributed by atoms with Crippen molar-refractivity contribution in [3.8, 4) is 5.69 Å². The fourth-order valence-corrected chi connectivity index (χ4v) is 2.24. The summed E-state index contributed by atoms with van der Waals surface area (Å²) < 4.78 is 7.26. The predicted molar refractivity (Wildman–Crippen MR) is 64.5 cm³/mol. The molecule has 17 heavy (non-hydrogen) atoms. The maximum absolute atomic E-state index is 11.8. The molecule has 0 aliphatic carbocycles. The number of hydrogen-bond donors (Lipinski definition) is 1. The van der Waals surface area contributed by atoms with E-state index in [1.165, 1.54) is 5.56 Å². The smallest absolute Gasteiger partial charge is 0.268 e. The first kappa shape index (κ1) is 10.4. The summed E-state index contributed by atoms with van der Waals surface area (Å²) >= 11 is 0. The molecule has 0 saturated carbocycles. The summed E-state index contributed by atoms with van der Waals surface area (Å²) in [6, 6.07) is 8.05. The maximum Gasteiger partial charge on any atom is 0.268 e. The van der Waals surface area contributed by atoms with Gasteiger partial charge in [0.2, 0.25) is 0 Å². The number of hydrogen-bond acceptors (Lipinski definition) is 2. The minimum Gasteiger partial charge on any atom is -0.375 e. The summed E-state index contributed by atoms with van der Waals surface area (Å²) in [6.45, 7) is 3.17. The number of nitrogens with one attached hydrogen (secondary N) is 1. The third-order valence-corrected chi connectivity index (χ3v) is 3.10. The van der Waals surface area contributed by atoms with Crippen LogP contribution in [-0.2, 0) is 17.8 Å². The third-order valence-electron chi connectivity index (χ3n) is 3.10. The van der Waals surface area contributed by atoms with Crippen molar-refractivity contribution in [1.29, 1.82) is 0 Å². The molecule has 1 aliphatic heterocycles. The van der Waals surface area contributed by atoms with Crippen LogP contribution in [0.4, 0.5) is 0 Å². The highest BCUT2D eigenvalue weighted by molar-refractivity contribution is 5.38. The molecule has 0 atom stereocenters. The van der Waals surface area contributed by atoms with Crippen molar-refractivity contribution in [2.75, 3.05) is 6.61 Å². The van der Waals surface area contributed by atoms with Crippen LogP contribution in [-0.4, -0.2) is 16.4 Å². The largest absolute Gasteiger partial charge is 0.375 e. The summed E-state index contributed by atoms with van der Waals surface area (Å²) in [5, 5.41) is 2.88. The molecule has 2 heterocycles. The van der Waals surface area contributed by atoms with Crippen LogP contribution in [0.5, 0.6) is 0 Å². The summed E-state index contributed by atoms with van der Waals surface area (Å²) in [6.07, 6.45) is 0.698. The lowest BCUT2D eigenvalue weighted by atomic mass is 10.1. The lowest BCUT2D eigenvalue weighted by molar-refractivity contribution is 0.106. The summed E-state index contributed by atoms with van der Waals surface area (Å²) in [5.41, 5.74) is 3.96. The molecule has 0 bridgehead atoms. The van der Waals surface area contributed by atoms with E-state index in [0.717, 1.165) is 16.9 Å². The van der Waals surface area contributed by atoms with E-state index < -0.39 is 0 Å². The standard InChI is InChI=1S/C13H14N2O2/c1-9-3-2-4-10(7-9)15-12-8-17-6-5-11(12)13(16)14-15/h2-4,7H,5-6,8H2,1H3,(H,14,16). The van der Waals surface area contributed by atoms with Crippen LogP contribution in [0.1, 0.15) is 16.8 Å². The Morgan fingerprint density at radius 2 is 2.29 bits per heavy atom. The van der Waals surface area contributed by atoms with Crippen molar-refractivity contribution >= 4 is 0 Å². The number of nitrogens with zero attached hydrogens (tertiary/aromatic N) is 1. The molecule has 1 aromatic carbocycles.